The number of unbranched alkanes of at least 4 members (excludes halogenated alkanes) is 1. The third-order valence-corrected chi connectivity index (χ3v) is 3.20. The van der Waals surface area contributed by atoms with E-state index in [-0.39, 0.29) is 0 Å². The second-order valence-electron chi connectivity index (χ2n) is 4.71. The summed E-state index contributed by atoms with van der Waals surface area (Å²) in [6, 6.07) is 0. The molecule has 0 saturated carbocycles. The molecule has 1 rings (SSSR count). The van der Waals surface area contributed by atoms with Gasteiger partial charge in [-0.25, -0.2) is 0 Å². The Kier molecular flexibility index (Phi) is 7.94. The van der Waals surface area contributed by atoms with Crippen LogP contribution < -0.4 is 5.32 Å². The van der Waals surface area contributed by atoms with Gasteiger partial charge in [0.25, 0.3) is 0 Å². The van der Waals surface area contributed by atoms with E-state index < -0.39 is 0 Å². The molecule has 1 heterocycles. The molecule has 0 aliphatic carbocycles. The van der Waals surface area contributed by atoms with E-state index >= 15 is 0 Å². The van der Waals surface area contributed by atoms with E-state index in [2.05, 4.69) is 17.1 Å². The Morgan fingerprint density at radius 1 is 0.933 bits per heavy atom. The van der Waals surface area contributed by atoms with E-state index in [1.54, 1.807) is 0 Å². The molecule has 1 N–H and O–H groups in total. The summed E-state index contributed by atoms with van der Waals surface area (Å²) < 4.78 is 0. The number of hydrogen-bond acceptors (Lipinski definition) is 2. The Bertz CT molecular complexity index is 128. The molecular formula is C13H28N2. The first-order valence-electron chi connectivity index (χ1n) is 6.86. The summed E-state index contributed by atoms with van der Waals surface area (Å²) in [6.45, 7) is 8.65. The van der Waals surface area contributed by atoms with Crippen molar-refractivity contribution in [1.29, 1.82) is 0 Å². The van der Waals surface area contributed by atoms with E-state index in [1.165, 1.54) is 77.7 Å². The van der Waals surface area contributed by atoms with Gasteiger partial charge >= 0.3 is 0 Å². The van der Waals surface area contributed by atoms with Crippen LogP contribution in [0.2, 0.25) is 0 Å². The number of likely N-dealkylation sites (tertiary alicyclic amines) is 1. The molecule has 0 bridgehead atoms. The molecule has 2 heteroatoms. The second kappa shape index (κ2) is 9.17. The van der Waals surface area contributed by atoms with Crippen LogP contribution in [-0.4, -0.2) is 37.6 Å². The molecule has 2 nitrogen and oxygen atoms in total. The molecule has 1 saturated heterocycles. The third kappa shape index (κ3) is 6.91. The second-order valence-corrected chi connectivity index (χ2v) is 4.71. The minimum atomic E-state index is 1.18. The normalized spacial score (nSPS) is 19.0. The first-order chi connectivity index (χ1) is 7.43. The van der Waals surface area contributed by atoms with E-state index in [0.29, 0.717) is 0 Å². The highest BCUT2D eigenvalue weighted by atomic mass is 15.1. The minimum Gasteiger partial charge on any atom is -0.317 e. The molecule has 0 aromatic rings. The Balaban J connectivity index is 1.89. The van der Waals surface area contributed by atoms with Gasteiger partial charge in [-0.1, -0.05) is 19.8 Å². The van der Waals surface area contributed by atoms with Crippen molar-refractivity contribution >= 4 is 0 Å². The molecule has 0 amide bonds. The standard InChI is InChI=1S/C13H28N2/c1-2-9-14-10-5-8-13-15-11-6-3-4-7-12-15/h14H,2-13H2,1H3. The summed E-state index contributed by atoms with van der Waals surface area (Å²) in [7, 11) is 0. The first-order valence-corrected chi connectivity index (χ1v) is 6.86. The van der Waals surface area contributed by atoms with Crippen LogP contribution in [0, 0.1) is 0 Å². The maximum atomic E-state index is 3.47. The zero-order valence-electron chi connectivity index (χ0n) is 10.4. The average Bonchev–Trinajstić information content (AvgIpc) is 2.52. The topological polar surface area (TPSA) is 15.3 Å². The van der Waals surface area contributed by atoms with Crippen molar-refractivity contribution in [3.63, 3.8) is 0 Å². The van der Waals surface area contributed by atoms with Gasteiger partial charge in [0.15, 0.2) is 0 Å². The van der Waals surface area contributed by atoms with Crippen LogP contribution in [-0.2, 0) is 0 Å². The molecule has 0 atom stereocenters. The molecule has 1 aliphatic heterocycles. The Morgan fingerprint density at radius 2 is 1.67 bits per heavy atom. The molecule has 0 radical (unpaired) electrons. The molecule has 0 unspecified atom stereocenters. The van der Waals surface area contributed by atoms with Gasteiger partial charge in [0.2, 0.25) is 0 Å². The summed E-state index contributed by atoms with van der Waals surface area (Å²) >= 11 is 0. The minimum absolute atomic E-state index is 1.18. The lowest BCUT2D eigenvalue weighted by Crippen LogP contribution is -2.26. The summed E-state index contributed by atoms with van der Waals surface area (Å²) in [4.78, 5) is 2.66. The van der Waals surface area contributed by atoms with Gasteiger partial charge in [0, 0.05) is 0 Å². The molecule has 0 spiro atoms. The number of hydrogen-bond donors (Lipinski definition) is 1. The maximum Gasteiger partial charge on any atom is -0.00183 e. The fourth-order valence-electron chi connectivity index (χ4n) is 2.25. The monoisotopic (exact) mass is 212 g/mol. The van der Waals surface area contributed by atoms with Gasteiger partial charge in [-0.15, -0.1) is 0 Å². The van der Waals surface area contributed by atoms with Crippen LogP contribution in [0.4, 0.5) is 0 Å². The van der Waals surface area contributed by atoms with E-state index in [9.17, 15) is 0 Å². The molecule has 1 fully saturated rings. The van der Waals surface area contributed by atoms with Crippen molar-refractivity contribution in [1.82, 2.24) is 10.2 Å². The molecule has 90 valence electrons. The number of nitrogens with zero attached hydrogens (tertiary/aromatic N) is 1. The lowest BCUT2D eigenvalue weighted by molar-refractivity contribution is 0.278. The Morgan fingerprint density at radius 3 is 2.33 bits per heavy atom. The van der Waals surface area contributed by atoms with Crippen molar-refractivity contribution in [3.8, 4) is 0 Å². The highest BCUT2D eigenvalue weighted by Gasteiger charge is 2.07. The fourth-order valence-corrected chi connectivity index (χ4v) is 2.25. The van der Waals surface area contributed by atoms with Crippen molar-refractivity contribution < 1.29 is 0 Å². The van der Waals surface area contributed by atoms with Crippen LogP contribution in [0.15, 0.2) is 0 Å². The molecule has 0 aromatic heterocycles. The van der Waals surface area contributed by atoms with Crippen LogP contribution in [0.1, 0.15) is 51.9 Å². The summed E-state index contributed by atoms with van der Waals surface area (Å²) in [5, 5.41) is 3.47. The van der Waals surface area contributed by atoms with Crippen molar-refractivity contribution in [2.75, 3.05) is 32.7 Å². The lowest BCUT2D eigenvalue weighted by Gasteiger charge is -2.19. The summed E-state index contributed by atoms with van der Waals surface area (Å²) in [5.74, 6) is 0. The van der Waals surface area contributed by atoms with Crippen molar-refractivity contribution in [2.24, 2.45) is 0 Å². The summed E-state index contributed by atoms with van der Waals surface area (Å²) in [5.41, 5.74) is 0. The van der Waals surface area contributed by atoms with Crippen LogP contribution in [0.3, 0.4) is 0 Å². The van der Waals surface area contributed by atoms with Crippen LogP contribution in [0.5, 0.6) is 0 Å². The smallest absolute Gasteiger partial charge is 0.00183 e. The van der Waals surface area contributed by atoms with Gasteiger partial charge in [-0.2, -0.15) is 0 Å². The highest BCUT2D eigenvalue weighted by molar-refractivity contribution is 4.63. The van der Waals surface area contributed by atoms with Gasteiger partial charge in [0.05, 0.1) is 0 Å². The zero-order valence-corrected chi connectivity index (χ0v) is 10.4. The van der Waals surface area contributed by atoms with Crippen molar-refractivity contribution in [3.05, 3.63) is 0 Å². The predicted octanol–water partition coefficient (Wildman–Crippen LogP) is 2.64. The third-order valence-electron chi connectivity index (χ3n) is 3.20. The largest absolute Gasteiger partial charge is 0.317 e. The van der Waals surface area contributed by atoms with Gasteiger partial charge in [-0.3, -0.25) is 0 Å². The van der Waals surface area contributed by atoms with E-state index in [0.717, 1.165) is 0 Å². The van der Waals surface area contributed by atoms with Gasteiger partial charge in [0.1, 0.15) is 0 Å². The first kappa shape index (κ1) is 13.0. The Labute approximate surface area is 95.4 Å². The number of nitrogens with one attached hydrogen (secondary N) is 1. The Hall–Kier alpha value is -0.0800. The molecular weight excluding hydrogens is 184 g/mol. The highest BCUT2D eigenvalue weighted by Crippen LogP contribution is 2.09. The quantitative estimate of drug-likeness (QED) is 0.653. The van der Waals surface area contributed by atoms with Crippen molar-refractivity contribution in [2.45, 2.75) is 51.9 Å². The average molecular weight is 212 g/mol. The molecule has 15 heavy (non-hydrogen) atoms. The molecule has 1 aliphatic rings. The fraction of sp³-hybridized carbons (Fsp3) is 1.00. The zero-order chi connectivity index (χ0) is 10.8. The molecule has 0 aromatic carbocycles. The maximum absolute atomic E-state index is 3.47. The predicted molar refractivity (Wildman–Crippen MR) is 67.3 cm³/mol. The van der Waals surface area contributed by atoms with Gasteiger partial charge in [-0.05, 0) is 64.8 Å². The van der Waals surface area contributed by atoms with Crippen LogP contribution in [0.25, 0.3) is 0 Å². The summed E-state index contributed by atoms with van der Waals surface area (Å²) in [6.07, 6.45) is 9.73. The number of rotatable bonds is 7. The van der Waals surface area contributed by atoms with Gasteiger partial charge < -0.3 is 10.2 Å². The SMILES string of the molecule is CCCNCCCCN1CCCCCC1. The van der Waals surface area contributed by atoms with E-state index in [4.69, 9.17) is 0 Å². The van der Waals surface area contributed by atoms with Crippen LogP contribution >= 0.6 is 0 Å². The lowest BCUT2D eigenvalue weighted by atomic mass is 10.2. The van der Waals surface area contributed by atoms with E-state index in [1.807, 2.05) is 0 Å².